The van der Waals surface area contributed by atoms with E-state index in [0.717, 1.165) is 6.07 Å². The van der Waals surface area contributed by atoms with Crippen LogP contribution in [-0.2, 0) is 4.79 Å². The molecule has 0 aliphatic rings. The molecule has 1 rings (SSSR count). The number of aliphatic carboxylic acids is 1. The van der Waals surface area contributed by atoms with Crippen molar-refractivity contribution in [3.8, 4) is 5.88 Å². The fraction of sp³-hybridized carbons (Fsp3) is 0.500. The first-order valence-corrected chi connectivity index (χ1v) is 6.93. The molecule has 0 saturated heterocycles. The monoisotopic (exact) mass is 334 g/mol. The molecule has 23 heavy (non-hydrogen) atoms. The largest absolute Gasteiger partial charge is 0.481 e. The summed E-state index contributed by atoms with van der Waals surface area (Å²) in [5, 5.41) is 11.1. The zero-order valence-corrected chi connectivity index (χ0v) is 12.2. The fourth-order valence-electron chi connectivity index (χ4n) is 1.67. The van der Waals surface area contributed by atoms with E-state index in [2.05, 4.69) is 15.0 Å². The molecule has 0 atom stereocenters. The topological polar surface area (TPSA) is 88.5 Å². The van der Waals surface area contributed by atoms with Gasteiger partial charge in [-0.2, -0.15) is 13.2 Å². The van der Waals surface area contributed by atoms with Crippen LogP contribution < -0.4 is 10.1 Å². The number of rotatable bonds is 9. The van der Waals surface area contributed by atoms with Gasteiger partial charge in [0.2, 0.25) is 5.88 Å². The zero-order valence-electron chi connectivity index (χ0n) is 12.2. The number of hydrogen-bond donors (Lipinski definition) is 2. The Labute approximate surface area is 130 Å². The second kappa shape index (κ2) is 8.96. The number of carbonyl (C=O) groups is 2. The zero-order chi connectivity index (χ0) is 17.3. The van der Waals surface area contributed by atoms with Crippen LogP contribution in [0.15, 0.2) is 18.3 Å². The minimum atomic E-state index is -4.48. The summed E-state index contributed by atoms with van der Waals surface area (Å²) in [7, 11) is 0. The van der Waals surface area contributed by atoms with Gasteiger partial charge in [0.1, 0.15) is 0 Å². The van der Waals surface area contributed by atoms with Crippen LogP contribution in [0.3, 0.4) is 0 Å². The number of halogens is 3. The van der Waals surface area contributed by atoms with E-state index in [1.807, 2.05) is 0 Å². The predicted octanol–water partition coefficient (Wildman–Crippen LogP) is 2.40. The Morgan fingerprint density at radius 3 is 2.65 bits per heavy atom. The van der Waals surface area contributed by atoms with Gasteiger partial charge in [-0.15, -0.1) is 0 Å². The Morgan fingerprint density at radius 2 is 2.00 bits per heavy atom. The molecule has 1 heterocycles. The number of carboxylic acid groups (broad SMARTS) is 1. The maximum absolute atomic E-state index is 12.0. The normalized spacial score (nSPS) is 11.1. The average Bonchev–Trinajstić information content (AvgIpc) is 2.48. The molecule has 0 spiro atoms. The molecule has 0 bridgehead atoms. The van der Waals surface area contributed by atoms with Crippen molar-refractivity contribution in [1.29, 1.82) is 0 Å². The molecule has 0 aliphatic carbocycles. The number of alkyl halides is 3. The van der Waals surface area contributed by atoms with E-state index in [0.29, 0.717) is 25.8 Å². The van der Waals surface area contributed by atoms with Crippen LogP contribution >= 0.6 is 0 Å². The summed E-state index contributed by atoms with van der Waals surface area (Å²) in [5.41, 5.74) is 0.141. The maximum atomic E-state index is 12.0. The van der Waals surface area contributed by atoms with Gasteiger partial charge in [-0.1, -0.05) is 6.42 Å². The number of aromatic nitrogens is 1. The second-order valence-corrected chi connectivity index (χ2v) is 4.75. The minimum absolute atomic E-state index is 0.0816. The van der Waals surface area contributed by atoms with E-state index >= 15 is 0 Å². The third-order valence-corrected chi connectivity index (χ3v) is 2.73. The van der Waals surface area contributed by atoms with Crippen molar-refractivity contribution in [1.82, 2.24) is 10.3 Å². The summed E-state index contributed by atoms with van der Waals surface area (Å²) in [6, 6.07) is 2.49. The van der Waals surface area contributed by atoms with Crippen molar-refractivity contribution in [2.24, 2.45) is 0 Å². The molecule has 0 fully saturated rings. The lowest BCUT2D eigenvalue weighted by Crippen LogP contribution is -2.25. The van der Waals surface area contributed by atoms with Crippen LogP contribution in [0, 0.1) is 0 Å². The van der Waals surface area contributed by atoms with Crippen molar-refractivity contribution in [2.75, 3.05) is 13.2 Å². The Hall–Kier alpha value is -2.32. The van der Waals surface area contributed by atoms with Gasteiger partial charge in [0.25, 0.3) is 5.91 Å². The lowest BCUT2D eigenvalue weighted by atomic mass is 10.2. The molecule has 0 aliphatic heterocycles. The molecular formula is C14H17F3N2O4. The number of nitrogens with one attached hydrogen (secondary N) is 1. The molecule has 9 heteroatoms. The number of ether oxygens (including phenoxy) is 1. The van der Waals surface area contributed by atoms with Crippen molar-refractivity contribution in [3.63, 3.8) is 0 Å². The van der Waals surface area contributed by atoms with Gasteiger partial charge in [-0.25, -0.2) is 4.98 Å². The van der Waals surface area contributed by atoms with Gasteiger partial charge in [-0.05, 0) is 18.9 Å². The first-order chi connectivity index (χ1) is 10.8. The smallest absolute Gasteiger partial charge is 0.422 e. The highest BCUT2D eigenvalue weighted by Crippen LogP contribution is 2.17. The first kappa shape index (κ1) is 18.7. The maximum Gasteiger partial charge on any atom is 0.422 e. The quantitative estimate of drug-likeness (QED) is 0.677. The summed E-state index contributed by atoms with van der Waals surface area (Å²) in [6.07, 6.45) is -1.41. The van der Waals surface area contributed by atoms with Crippen molar-refractivity contribution >= 4 is 11.9 Å². The van der Waals surface area contributed by atoms with Crippen LogP contribution in [0.5, 0.6) is 5.88 Å². The molecule has 1 amide bonds. The van der Waals surface area contributed by atoms with E-state index < -0.39 is 24.7 Å². The minimum Gasteiger partial charge on any atom is -0.481 e. The summed E-state index contributed by atoms with van der Waals surface area (Å²) in [5.74, 6) is -1.60. The number of hydrogen-bond acceptors (Lipinski definition) is 4. The molecule has 0 aromatic carbocycles. The Kier molecular flexibility index (Phi) is 7.30. The number of amides is 1. The lowest BCUT2D eigenvalue weighted by Gasteiger charge is -2.09. The SMILES string of the molecule is O=C(O)CCCCCNC(=O)c1ccnc(OCC(F)(F)F)c1. The number of nitrogens with zero attached hydrogens (tertiary/aromatic N) is 1. The number of carboxylic acids is 1. The summed E-state index contributed by atoms with van der Waals surface area (Å²) in [4.78, 5) is 25.7. The second-order valence-electron chi connectivity index (χ2n) is 4.75. The van der Waals surface area contributed by atoms with Crippen LogP contribution in [0.4, 0.5) is 13.2 Å². The molecule has 0 unspecified atom stereocenters. The van der Waals surface area contributed by atoms with Gasteiger partial charge in [0.15, 0.2) is 6.61 Å². The molecule has 1 aromatic heterocycles. The highest BCUT2D eigenvalue weighted by atomic mass is 19.4. The Balaban J connectivity index is 2.37. The Bertz CT molecular complexity index is 535. The number of unbranched alkanes of at least 4 members (excludes halogenated alkanes) is 2. The van der Waals surface area contributed by atoms with Crippen LogP contribution in [-0.4, -0.2) is 41.3 Å². The highest BCUT2D eigenvalue weighted by molar-refractivity contribution is 5.94. The molecule has 0 saturated carbocycles. The van der Waals surface area contributed by atoms with Crippen molar-refractivity contribution in [3.05, 3.63) is 23.9 Å². The van der Waals surface area contributed by atoms with Gasteiger partial charge >= 0.3 is 12.1 Å². The summed E-state index contributed by atoms with van der Waals surface area (Å²) < 4.78 is 40.6. The molecule has 128 valence electrons. The highest BCUT2D eigenvalue weighted by Gasteiger charge is 2.28. The van der Waals surface area contributed by atoms with Gasteiger partial charge in [-0.3, -0.25) is 9.59 Å². The fourth-order valence-corrected chi connectivity index (χ4v) is 1.67. The van der Waals surface area contributed by atoms with Crippen LogP contribution in [0.1, 0.15) is 36.0 Å². The molecule has 1 aromatic rings. The summed E-state index contributed by atoms with van der Waals surface area (Å²) >= 11 is 0. The van der Waals surface area contributed by atoms with Gasteiger partial charge in [0, 0.05) is 30.8 Å². The van der Waals surface area contributed by atoms with E-state index in [4.69, 9.17) is 5.11 Å². The lowest BCUT2D eigenvalue weighted by molar-refractivity contribution is -0.154. The standard InChI is InChI=1S/C14H17F3N2O4/c15-14(16,17)9-23-11-8-10(5-7-18-11)13(22)19-6-3-1-2-4-12(20)21/h5,7-8H,1-4,6,9H2,(H,19,22)(H,20,21). The molecular weight excluding hydrogens is 317 g/mol. The molecule has 0 radical (unpaired) electrons. The van der Waals surface area contributed by atoms with Crippen molar-refractivity contribution in [2.45, 2.75) is 31.9 Å². The Morgan fingerprint density at radius 1 is 1.26 bits per heavy atom. The van der Waals surface area contributed by atoms with E-state index in [9.17, 15) is 22.8 Å². The van der Waals surface area contributed by atoms with Crippen LogP contribution in [0.25, 0.3) is 0 Å². The van der Waals surface area contributed by atoms with Gasteiger partial charge in [0.05, 0.1) is 0 Å². The van der Waals surface area contributed by atoms with Crippen LogP contribution in [0.2, 0.25) is 0 Å². The predicted molar refractivity (Wildman–Crippen MR) is 74.2 cm³/mol. The number of carbonyl (C=O) groups excluding carboxylic acids is 1. The van der Waals surface area contributed by atoms with Gasteiger partial charge < -0.3 is 15.2 Å². The average molecular weight is 334 g/mol. The molecule has 6 nitrogen and oxygen atoms in total. The first-order valence-electron chi connectivity index (χ1n) is 6.93. The summed E-state index contributed by atoms with van der Waals surface area (Å²) in [6.45, 7) is -1.13. The third kappa shape index (κ3) is 8.64. The van der Waals surface area contributed by atoms with E-state index in [1.165, 1.54) is 12.3 Å². The van der Waals surface area contributed by atoms with E-state index in [1.54, 1.807) is 0 Å². The van der Waals surface area contributed by atoms with Crippen molar-refractivity contribution < 1.29 is 32.6 Å². The molecule has 2 N–H and O–H groups in total. The number of pyridine rings is 1. The van der Waals surface area contributed by atoms with E-state index in [-0.39, 0.29) is 17.9 Å². The third-order valence-electron chi connectivity index (χ3n) is 2.73.